The molecule has 0 aliphatic carbocycles. The molecular formula is C23H15Cl2F3N2O3. The van der Waals surface area contributed by atoms with Crippen molar-refractivity contribution in [2.45, 2.75) is 19.1 Å². The number of hydrogen-bond acceptors (Lipinski definition) is 2. The fraction of sp³-hybridized carbons (Fsp3) is 0.130. The number of nitrogens with zero attached hydrogens (tertiary/aromatic N) is 1. The Morgan fingerprint density at radius 2 is 1.70 bits per heavy atom. The van der Waals surface area contributed by atoms with Crippen LogP contribution in [0.4, 0.5) is 29.3 Å². The van der Waals surface area contributed by atoms with Crippen LogP contribution in [0.1, 0.15) is 16.7 Å². The second kappa shape index (κ2) is 8.61. The fourth-order valence-corrected chi connectivity index (χ4v) is 4.32. The van der Waals surface area contributed by atoms with E-state index in [1.165, 1.54) is 17.0 Å². The van der Waals surface area contributed by atoms with Gasteiger partial charge in [0.2, 0.25) is 0 Å². The molecule has 0 saturated carbocycles. The average Bonchev–Trinajstić information content (AvgIpc) is 2.73. The van der Waals surface area contributed by atoms with E-state index < -0.39 is 23.7 Å². The molecule has 1 aliphatic heterocycles. The number of amides is 2. The predicted molar refractivity (Wildman–Crippen MR) is 119 cm³/mol. The Bertz CT molecular complexity index is 1240. The van der Waals surface area contributed by atoms with Gasteiger partial charge in [0, 0.05) is 12.1 Å². The van der Waals surface area contributed by atoms with Crippen molar-refractivity contribution in [1.29, 1.82) is 0 Å². The molecule has 0 spiro atoms. The lowest BCUT2D eigenvalue weighted by atomic mass is 9.92. The number of aliphatic carboxylic acids is 1. The Hall–Kier alpha value is -3.23. The van der Waals surface area contributed by atoms with Gasteiger partial charge in [0.1, 0.15) is 0 Å². The van der Waals surface area contributed by atoms with Gasteiger partial charge in [-0.1, -0.05) is 47.5 Å². The van der Waals surface area contributed by atoms with Crippen molar-refractivity contribution >= 4 is 46.6 Å². The topological polar surface area (TPSA) is 69.6 Å². The van der Waals surface area contributed by atoms with E-state index in [9.17, 15) is 27.9 Å². The Morgan fingerprint density at radius 1 is 1.06 bits per heavy atom. The van der Waals surface area contributed by atoms with Crippen LogP contribution >= 0.6 is 23.2 Å². The van der Waals surface area contributed by atoms with Gasteiger partial charge in [-0.2, -0.15) is 13.2 Å². The number of halogens is 5. The van der Waals surface area contributed by atoms with Crippen LogP contribution in [-0.4, -0.2) is 17.1 Å². The summed E-state index contributed by atoms with van der Waals surface area (Å²) in [6.45, 7) is 0.0798. The molecule has 2 N–H and O–H groups in total. The minimum absolute atomic E-state index is 0.0798. The zero-order valence-electron chi connectivity index (χ0n) is 16.7. The largest absolute Gasteiger partial charge is 0.481 e. The number of nitrogens with one attached hydrogen (secondary N) is 1. The molecule has 3 aromatic carbocycles. The molecular weight excluding hydrogens is 480 g/mol. The van der Waals surface area contributed by atoms with E-state index in [4.69, 9.17) is 23.2 Å². The van der Waals surface area contributed by atoms with E-state index in [1.807, 2.05) is 0 Å². The van der Waals surface area contributed by atoms with E-state index >= 15 is 0 Å². The molecule has 2 amide bonds. The molecule has 0 saturated heterocycles. The van der Waals surface area contributed by atoms with E-state index in [0.29, 0.717) is 27.9 Å². The van der Waals surface area contributed by atoms with Gasteiger partial charge in [-0.25, -0.2) is 4.79 Å². The monoisotopic (exact) mass is 494 g/mol. The number of para-hydroxylation sites is 1. The molecule has 0 radical (unpaired) electrons. The quantitative estimate of drug-likeness (QED) is 0.425. The lowest BCUT2D eigenvalue weighted by Gasteiger charge is -2.33. The number of carboxylic acid groups (broad SMARTS) is 1. The summed E-state index contributed by atoms with van der Waals surface area (Å²) in [6, 6.07) is 11.9. The minimum atomic E-state index is -4.49. The Labute approximate surface area is 196 Å². The maximum atomic E-state index is 13.0. The second-order valence-electron chi connectivity index (χ2n) is 7.35. The van der Waals surface area contributed by atoms with Crippen LogP contribution in [0.25, 0.3) is 11.1 Å². The van der Waals surface area contributed by atoms with Crippen molar-refractivity contribution in [3.8, 4) is 11.1 Å². The molecule has 0 fully saturated rings. The van der Waals surface area contributed by atoms with Crippen LogP contribution in [0.5, 0.6) is 0 Å². The molecule has 3 aromatic rings. The predicted octanol–water partition coefficient (Wildman–Crippen LogP) is 6.67. The van der Waals surface area contributed by atoms with Crippen molar-refractivity contribution in [2.75, 3.05) is 4.90 Å². The third-order valence-corrected chi connectivity index (χ3v) is 5.80. The lowest BCUT2D eigenvalue weighted by molar-refractivity contribution is -0.138. The maximum Gasteiger partial charge on any atom is 0.416 e. The summed E-state index contributed by atoms with van der Waals surface area (Å²) in [7, 11) is 0. The van der Waals surface area contributed by atoms with E-state index in [1.54, 1.807) is 30.3 Å². The number of carbonyl (C=O) groups excluding carboxylic acids is 1. The highest BCUT2D eigenvalue weighted by Crippen LogP contribution is 2.44. The van der Waals surface area contributed by atoms with Gasteiger partial charge in [-0.3, -0.25) is 9.69 Å². The van der Waals surface area contributed by atoms with Crippen LogP contribution in [0, 0.1) is 0 Å². The normalized spacial score (nSPS) is 13.5. The smallest absolute Gasteiger partial charge is 0.416 e. The van der Waals surface area contributed by atoms with Gasteiger partial charge < -0.3 is 10.4 Å². The second-order valence-corrected chi connectivity index (χ2v) is 8.17. The van der Waals surface area contributed by atoms with Crippen LogP contribution in [0.3, 0.4) is 0 Å². The first-order valence-corrected chi connectivity index (χ1v) is 10.4. The first-order valence-electron chi connectivity index (χ1n) is 9.63. The summed E-state index contributed by atoms with van der Waals surface area (Å²) in [5.41, 5.74) is 1.63. The SMILES string of the molecule is O=C(O)Cc1cc(-c2ccc(C(F)(F)F)cc2)c2c(c1)N(c1c(Cl)cccc1Cl)C(=O)NC2. The number of carbonyl (C=O) groups is 2. The zero-order chi connectivity index (χ0) is 23.9. The number of urea groups is 1. The van der Waals surface area contributed by atoms with Gasteiger partial charge in [-0.15, -0.1) is 0 Å². The number of alkyl halides is 3. The number of benzene rings is 3. The van der Waals surface area contributed by atoms with E-state index in [0.717, 1.165) is 12.1 Å². The third-order valence-electron chi connectivity index (χ3n) is 5.19. The Balaban J connectivity index is 1.94. The highest BCUT2D eigenvalue weighted by atomic mass is 35.5. The van der Waals surface area contributed by atoms with E-state index in [-0.39, 0.29) is 28.7 Å². The number of carboxylic acids is 1. The van der Waals surface area contributed by atoms with Crippen molar-refractivity contribution in [2.24, 2.45) is 0 Å². The van der Waals surface area contributed by atoms with Gasteiger partial charge in [0.25, 0.3) is 0 Å². The first-order chi connectivity index (χ1) is 15.6. The standard InChI is InChI=1S/C23H15Cl2F3N2O3/c24-17-2-1-3-18(25)21(17)30-19-9-12(10-20(31)32)8-15(16(19)11-29-22(30)33)13-4-6-14(7-5-13)23(26,27)28/h1-9H,10-11H2,(H,29,33)(H,31,32). The zero-order valence-corrected chi connectivity index (χ0v) is 18.2. The summed E-state index contributed by atoms with van der Waals surface area (Å²) in [5, 5.41) is 12.4. The third kappa shape index (κ3) is 4.49. The molecule has 1 heterocycles. The van der Waals surface area contributed by atoms with Gasteiger partial charge >= 0.3 is 18.2 Å². The van der Waals surface area contributed by atoms with Crippen molar-refractivity contribution in [1.82, 2.24) is 5.32 Å². The molecule has 0 unspecified atom stereocenters. The maximum absolute atomic E-state index is 13.0. The van der Waals surface area contributed by atoms with Crippen LogP contribution < -0.4 is 10.2 Å². The lowest BCUT2D eigenvalue weighted by Crippen LogP contribution is -2.41. The van der Waals surface area contributed by atoms with E-state index in [2.05, 4.69) is 5.32 Å². The number of anilines is 2. The van der Waals surface area contributed by atoms with Gasteiger partial charge in [0.15, 0.2) is 0 Å². The van der Waals surface area contributed by atoms with Crippen molar-refractivity contribution < 1.29 is 27.9 Å². The first kappa shape index (κ1) is 22.9. The molecule has 0 bridgehead atoms. The Morgan fingerprint density at radius 3 is 2.27 bits per heavy atom. The minimum Gasteiger partial charge on any atom is -0.481 e. The Kier molecular flexibility index (Phi) is 5.99. The number of rotatable bonds is 4. The van der Waals surface area contributed by atoms with Gasteiger partial charge in [-0.05, 0) is 47.0 Å². The fourth-order valence-electron chi connectivity index (χ4n) is 3.75. The molecule has 1 aliphatic rings. The van der Waals surface area contributed by atoms with Crippen LogP contribution in [0.15, 0.2) is 54.6 Å². The summed E-state index contributed by atoms with van der Waals surface area (Å²) in [4.78, 5) is 25.5. The van der Waals surface area contributed by atoms with Gasteiger partial charge in [0.05, 0.1) is 33.4 Å². The summed E-state index contributed by atoms with van der Waals surface area (Å²) >= 11 is 12.7. The molecule has 170 valence electrons. The number of fused-ring (bicyclic) bond motifs is 1. The highest BCUT2D eigenvalue weighted by Gasteiger charge is 2.32. The number of hydrogen-bond donors (Lipinski definition) is 2. The highest BCUT2D eigenvalue weighted by molar-refractivity contribution is 6.40. The summed E-state index contributed by atoms with van der Waals surface area (Å²) in [6.07, 6.45) is -4.85. The van der Waals surface area contributed by atoms with Crippen molar-refractivity contribution in [3.63, 3.8) is 0 Å². The average molecular weight is 495 g/mol. The van der Waals surface area contributed by atoms with Crippen molar-refractivity contribution in [3.05, 3.63) is 81.3 Å². The molecule has 0 aromatic heterocycles. The summed E-state index contributed by atoms with van der Waals surface area (Å²) < 4.78 is 39.0. The summed E-state index contributed by atoms with van der Waals surface area (Å²) in [5.74, 6) is -1.10. The molecule has 10 heteroatoms. The molecule has 5 nitrogen and oxygen atoms in total. The molecule has 4 rings (SSSR count). The molecule has 33 heavy (non-hydrogen) atoms. The van der Waals surface area contributed by atoms with Crippen LogP contribution in [-0.2, 0) is 23.9 Å². The molecule has 0 atom stereocenters. The van der Waals surface area contributed by atoms with Crippen LogP contribution in [0.2, 0.25) is 10.0 Å².